The molecule has 1 fully saturated rings. The number of hydrogen-bond acceptors (Lipinski definition) is 7. The standard InChI is InChI=1S/C14H17ClN6O2S/c1-9(13(22)17-12-5-4-10(15)7-16-12)24-14-18-19-20-21(14)8-11-3-2-6-23-11/h4-5,7,9,11H,2-3,6,8H2,1H3,(H,16,17,22)/t9-,11+/m1/s1. The van der Waals surface area contributed by atoms with Crippen LogP contribution in [0.15, 0.2) is 23.5 Å². The van der Waals surface area contributed by atoms with Gasteiger partial charge in [-0.05, 0) is 42.3 Å². The Morgan fingerprint density at radius 2 is 2.46 bits per heavy atom. The van der Waals surface area contributed by atoms with Crippen LogP contribution in [0.1, 0.15) is 19.8 Å². The molecule has 1 amide bonds. The van der Waals surface area contributed by atoms with E-state index in [0.717, 1.165) is 19.4 Å². The van der Waals surface area contributed by atoms with E-state index in [-0.39, 0.29) is 17.3 Å². The molecule has 24 heavy (non-hydrogen) atoms. The van der Waals surface area contributed by atoms with Gasteiger partial charge in [-0.15, -0.1) is 5.10 Å². The highest BCUT2D eigenvalue weighted by Gasteiger charge is 2.22. The zero-order chi connectivity index (χ0) is 16.9. The van der Waals surface area contributed by atoms with E-state index >= 15 is 0 Å². The number of aromatic nitrogens is 5. The van der Waals surface area contributed by atoms with Crippen LogP contribution in [0.2, 0.25) is 5.02 Å². The van der Waals surface area contributed by atoms with Crippen molar-refractivity contribution in [1.29, 1.82) is 0 Å². The fourth-order valence-corrected chi connectivity index (χ4v) is 3.18. The van der Waals surface area contributed by atoms with Crippen LogP contribution in [-0.2, 0) is 16.1 Å². The van der Waals surface area contributed by atoms with Crippen molar-refractivity contribution in [2.24, 2.45) is 0 Å². The number of hydrogen-bond donors (Lipinski definition) is 1. The number of pyridine rings is 1. The van der Waals surface area contributed by atoms with E-state index in [0.29, 0.717) is 22.5 Å². The first-order valence-corrected chi connectivity index (χ1v) is 8.84. The Kier molecular flexibility index (Phi) is 5.64. The van der Waals surface area contributed by atoms with Gasteiger partial charge < -0.3 is 10.1 Å². The molecule has 0 bridgehead atoms. The molecule has 1 saturated heterocycles. The van der Waals surface area contributed by atoms with Crippen molar-refractivity contribution in [2.75, 3.05) is 11.9 Å². The minimum atomic E-state index is -0.378. The van der Waals surface area contributed by atoms with Gasteiger partial charge in [-0.2, -0.15) is 0 Å². The molecule has 0 spiro atoms. The minimum Gasteiger partial charge on any atom is -0.376 e. The van der Waals surface area contributed by atoms with E-state index in [2.05, 4.69) is 25.8 Å². The maximum absolute atomic E-state index is 12.3. The molecule has 0 unspecified atom stereocenters. The van der Waals surface area contributed by atoms with E-state index in [1.165, 1.54) is 18.0 Å². The van der Waals surface area contributed by atoms with Gasteiger partial charge in [0, 0.05) is 12.8 Å². The van der Waals surface area contributed by atoms with Crippen molar-refractivity contribution in [2.45, 2.75) is 42.8 Å². The van der Waals surface area contributed by atoms with Gasteiger partial charge in [0.25, 0.3) is 0 Å². The first kappa shape index (κ1) is 17.1. The fraction of sp³-hybridized carbons (Fsp3) is 0.500. The molecule has 1 aliphatic rings. The summed E-state index contributed by atoms with van der Waals surface area (Å²) in [6, 6.07) is 3.32. The largest absolute Gasteiger partial charge is 0.376 e. The normalized spacial score (nSPS) is 18.5. The smallest absolute Gasteiger partial charge is 0.238 e. The van der Waals surface area contributed by atoms with Gasteiger partial charge >= 0.3 is 0 Å². The van der Waals surface area contributed by atoms with Crippen molar-refractivity contribution in [3.8, 4) is 0 Å². The monoisotopic (exact) mass is 368 g/mol. The van der Waals surface area contributed by atoms with Gasteiger partial charge in [0.05, 0.1) is 22.9 Å². The quantitative estimate of drug-likeness (QED) is 0.779. The molecule has 1 aliphatic heterocycles. The lowest BCUT2D eigenvalue weighted by atomic mass is 10.2. The zero-order valence-corrected chi connectivity index (χ0v) is 14.6. The molecule has 0 radical (unpaired) electrons. The predicted molar refractivity (Wildman–Crippen MR) is 90.0 cm³/mol. The maximum Gasteiger partial charge on any atom is 0.238 e. The van der Waals surface area contributed by atoms with E-state index in [1.54, 1.807) is 23.7 Å². The Balaban J connectivity index is 1.57. The molecule has 8 nitrogen and oxygen atoms in total. The summed E-state index contributed by atoms with van der Waals surface area (Å²) in [6.07, 6.45) is 3.68. The van der Waals surface area contributed by atoms with Gasteiger partial charge in [0.15, 0.2) is 0 Å². The number of nitrogens with one attached hydrogen (secondary N) is 1. The number of ether oxygens (including phenoxy) is 1. The summed E-state index contributed by atoms with van der Waals surface area (Å²) in [7, 11) is 0. The zero-order valence-electron chi connectivity index (χ0n) is 13.1. The second-order valence-electron chi connectivity index (χ2n) is 5.39. The molecular weight excluding hydrogens is 352 g/mol. The highest BCUT2D eigenvalue weighted by atomic mass is 35.5. The van der Waals surface area contributed by atoms with Crippen LogP contribution in [0.4, 0.5) is 5.82 Å². The van der Waals surface area contributed by atoms with Gasteiger partial charge in [0.2, 0.25) is 11.1 Å². The van der Waals surface area contributed by atoms with E-state index < -0.39 is 0 Å². The summed E-state index contributed by atoms with van der Waals surface area (Å²) < 4.78 is 7.28. The van der Waals surface area contributed by atoms with Crippen LogP contribution in [-0.4, -0.2) is 49.1 Å². The second-order valence-corrected chi connectivity index (χ2v) is 7.13. The predicted octanol–water partition coefficient (Wildman–Crippen LogP) is 2.02. The Morgan fingerprint density at radius 1 is 1.58 bits per heavy atom. The number of carbonyl (C=O) groups is 1. The number of thioether (sulfide) groups is 1. The summed E-state index contributed by atoms with van der Waals surface area (Å²) in [6.45, 7) is 3.17. The molecule has 3 rings (SSSR count). The second kappa shape index (κ2) is 7.91. The van der Waals surface area contributed by atoms with Crippen LogP contribution >= 0.6 is 23.4 Å². The Bertz CT molecular complexity index is 689. The fourth-order valence-electron chi connectivity index (χ4n) is 2.27. The van der Waals surface area contributed by atoms with Crippen LogP contribution in [0.3, 0.4) is 0 Å². The maximum atomic E-state index is 12.3. The van der Waals surface area contributed by atoms with Crippen molar-refractivity contribution in [1.82, 2.24) is 25.2 Å². The third kappa shape index (κ3) is 4.43. The molecule has 2 atom stereocenters. The number of nitrogens with zero attached hydrogens (tertiary/aromatic N) is 5. The average Bonchev–Trinajstić information content (AvgIpc) is 3.22. The Hall–Kier alpha value is -1.71. The van der Waals surface area contributed by atoms with Gasteiger partial charge in [-0.25, -0.2) is 9.67 Å². The van der Waals surface area contributed by atoms with E-state index in [9.17, 15) is 4.79 Å². The van der Waals surface area contributed by atoms with E-state index in [1.807, 2.05) is 0 Å². The Labute approximate surface area is 148 Å². The SMILES string of the molecule is C[C@@H](Sc1nnnn1C[C@@H]1CCCO1)C(=O)Nc1ccc(Cl)cn1. The van der Waals surface area contributed by atoms with Crippen molar-refractivity contribution < 1.29 is 9.53 Å². The summed E-state index contributed by atoms with van der Waals surface area (Å²) in [4.78, 5) is 16.3. The summed E-state index contributed by atoms with van der Waals surface area (Å²) in [5, 5.41) is 15.2. The number of halogens is 1. The number of tetrazole rings is 1. The van der Waals surface area contributed by atoms with Gasteiger partial charge in [-0.1, -0.05) is 23.4 Å². The molecular formula is C14H17ClN6O2S. The van der Waals surface area contributed by atoms with E-state index in [4.69, 9.17) is 16.3 Å². The average molecular weight is 369 g/mol. The molecule has 10 heteroatoms. The lowest BCUT2D eigenvalue weighted by molar-refractivity contribution is -0.115. The molecule has 0 saturated carbocycles. The van der Waals surface area contributed by atoms with Crippen molar-refractivity contribution >= 4 is 35.1 Å². The molecule has 0 aromatic carbocycles. The summed E-state index contributed by atoms with van der Waals surface area (Å²) in [5.74, 6) is 0.275. The van der Waals surface area contributed by atoms with Crippen LogP contribution < -0.4 is 5.32 Å². The molecule has 3 heterocycles. The highest BCUT2D eigenvalue weighted by Crippen LogP contribution is 2.23. The lowest BCUT2D eigenvalue weighted by Crippen LogP contribution is -2.24. The first-order valence-electron chi connectivity index (χ1n) is 7.58. The molecule has 1 N–H and O–H groups in total. The summed E-state index contributed by atoms with van der Waals surface area (Å²) >= 11 is 7.07. The highest BCUT2D eigenvalue weighted by molar-refractivity contribution is 8.00. The summed E-state index contributed by atoms with van der Waals surface area (Å²) in [5.41, 5.74) is 0. The third-order valence-corrected chi connectivity index (χ3v) is 4.82. The number of rotatable bonds is 6. The molecule has 128 valence electrons. The molecule has 2 aromatic rings. The van der Waals surface area contributed by atoms with Gasteiger partial charge in [0.1, 0.15) is 5.82 Å². The molecule has 0 aliphatic carbocycles. The van der Waals surface area contributed by atoms with Gasteiger partial charge in [-0.3, -0.25) is 4.79 Å². The third-order valence-electron chi connectivity index (χ3n) is 3.53. The number of amides is 1. The first-order chi connectivity index (χ1) is 11.6. The lowest BCUT2D eigenvalue weighted by Gasteiger charge is -2.13. The number of carbonyl (C=O) groups excluding carboxylic acids is 1. The van der Waals surface area contributed by atoms with Crippen molar-refractivity contribution in [3.63, 3.8) is 0 Å². The number of anilines is 1. The van der Waals surface area contributed by atoms with Crippen LogP contribution in [0, 0.1) is 0 Å². The minimum absolute atomic E-state index is 0.134. The van der Waals surface area contributed by atoms with Crippen LogP contribution in [0.5, 0.6) is 0 Å². The Morgan fingerprint density at radius 3 is 3.17 bits per heavy atom. The topological polar surface area (TPSA) is 94.8 Å². The molecule has 2 aromatic heterocycles. The van der Waals surface area contributed by atoms with Crippen molar-refractivity contribution in [3.05, 3.63) is 23.4 Å². The van der Waals surface area contributed by atoms with Crippen LogP contribution in [0.25, 0.3) is 0 Å².